The van der Waals surface area contributed by atoms with Gasteiger partial charge in [-0.15, -0.1) is 0 Å². The number of nitrogens with zero attached hydrogens (tertiary/aromatic N) is 2. The van der Waals surface area contributed by atoms with Gasteiger partial charge in [0.25, 0.3) is 0 Å². The summed E-state index contributed by atoms with van der Waals surface area (Å²) < 4.78 is 0. The van der Waals surface area contributed by atoms with Crippen LogP contribution in [0.2, 0.25) is 0 Å². The van der Waals surface area contributed by atoms with E-state index < -0.39 is 0 Å². The monoisotopic (exact) mass is 620 g/mol. The van der Waals surface area contributed by atoms with E-state index in [1.54, 1.807) is 0 Å². The highest BCUT2D eigenvalue weighted by Gasteiger charge is 2.23. The zero-order chi connectivity index (χ0) is 33.1. The Morgan fingerprint density at radius 1 is 0.312 bits per heavy atom. The molecular formula is C46H40N2. The maximum absolute atomic E-state index is 2.44. The highest BCUT2D eigenvalue weighted by molar-refractivity contribution is 6.29. The second kappa shape index (κ2) is 11.6. The zero-order valence-electron chi connectivity index (χ0n) is 28.6. The number of anilines is 6. The van der Waals surface area contributed by atoms with E-state index in [0.717, 1.165) is 22.7 Å². The average molecular weight is 621 g/mol. The molecule has 0 aliphatic rings. The molecule has 0 saturated heterocycles. The molecule has 0 radical (unpaired) electrons. The number of hydrogen-bond donors (Lipinski definition) is 0. The van der Waals surface area contributed by atoms with Gasteiger partial charge in [0.2, 0.25) is 0 Å². The van der Waals surface area contributed by atoms with E-state index in [9.17, 15) is 0 Å². The van der Waals surface area contributed by atoms with Gasteiger partial charge in [0, 0.05) is 33.5 Å². The molecule has 0 atom stereocenters. The molecule has 0 saturated carbocycles. The van der Waals surface area contributed by atoms with Crippen LogP contribution in [0.5, 0.6) is 0 Å². The highest BCUT2D eigenvalue weighted by Crippen LogP contribution is 2.49. The Morgan fingerprint density at radius 2 is 0.604 bits per heavy atom. The molecule has 0 spiro atoms. The minimum absolute atomic E-state index is 1.16. The quantitative estimate of drug-likeness (QED) is 0.171. The molecule has 8 rings (SSSR count). The van der Waals surface area contributed by atoms with Gasteiger partial charge >= 0.3 is 0 Å². The fourth-order valence-corrected chi connectivity index (χ4v) is 7.59. The van der Waals surface area contributed by atoms with Crippen LogP contribution in [-0.4, -0.2) is 0 Å². The molecular weight excluding hydrogens is 581 g/mol. The smallest absolute Gasteiger partial charge is 0.0543 e. The molecule has 0 fully saturated rings. The predicted molar refractivity (Wildman–Crippen MR) is 208 cm³/mol. The molecule has 0 unspecified atom stereocenters. The minimum atomic E-state index is 1.16. The van der Waals surface area contributed by atoms with Crippen LogP contribution in [0.3, 0.4) is 0 Å². The van der Waals surface area contributed by atoms with Gasteiger partial charge in [-0.2, -0.15) is 0 Å². The molecule has 0 aromatic heterocycles. The normalized spacial score (nSPS) is 11.5. The van der Waals surface area contributed by atoms with E-state index in [4.69, 9.17) is 0 Å². The number of hydrogen-bond acceptors (Lipinski definition) is 2. The van der Waals surface area contributed by atoms with Crippen molar-refractivity contribution < 1.29 is 0 Å². The standard InChI is InChI=1S/C46H40N2/c1-29-11-7-15-35(23-29)47(36-16-8-12-30(2)24-36)43-27-33(5)39-20-22-42-44(28-34(6)40-19-21-41(43)45(39)46(40)42)48(37-17-9-13-31(3)25-37)38-18-10-14-32(4)26-38/h7-28H,1-6H3. The second-order valence-corrected chi connectivity index (χ2v) is 13.5. The molecule has 8 aromatic rings. The fourth-order valence-electron chi connectivity index (χ4n) is 7.59. The van der Waals surface area contributed by atoms with E-state index in [-0.39, 0.29) is 0 Å². The fraction of sp³-hybridized carbons (Fsp3) is 0.130. The lowest BCUT2D eigenvalue weighted by atomic mass is 9.88. The van der Waals surface area contributed by atoms with Crippen LogP contribution in [0.1, 0.15) is 33.4 Å². The first-order chi connectivity index (χ1) is 23.3. The Bertz CT molecular complexity index is 2220. The van der Waals surface area contributed by atoms with E-state index in [0.29, 0.717) is 0 Å². The molecule has 0 aliphatic heterocycles. The zero-order valence-corrected chi connectivity index (χ0v) is 28.6. The lowest BCUT2D eigenvalue weighted by Crippen LogP contribution is -2.12. The minimum Gasteiger partial charge on any atom is -0.310 e. The van der Waals surface area contributed by atoms with Crippen molar-refractivity contribution >= 4 is 66.4 Å². The highest BCUT2D eigenvalue weighted by atomic mass is 15.1. The second-order valence-electron chi connectivity index (χ2n) is 13.5. The van der Waals surface area contributed by atoms with Crippen molar-refractivity contribution in [3.8, 4) is 0 Å². The Balaban J connectivity index is 1.47. The van der Waals surface area contributed by atoms with Crippen molar-refractivity contribution in [2.45, 2.75) is 41.5 Å². The van der Waals surface area contributed by atoms with E-state index in [1.165, 1.54) is 77.1 Å². The topological polar surface area (TPSA) is 6.48 Å². The van der Waals surface area contributed by atoms with Gasteiger partial charge < -0.3 is 9.80 Å². The molecule has 48 heavy (non-hydrogen) atoms. The first kappa shape index (κ1) is 29.8. The summed E-state index contributed by atoms with van der Waals surface area (Å²) in [6, 6.07) is 49.6. The van der Waals surface area contributed by atoms with Crippen LogP contribution in [0.25, 0.3) is 32.3 Å². The third kappa shape index (κ3) is 4.96. The number of benzene rings is 8. The van der Waals surface area contributed by atoms with Crippen molar-refractivity contribution in [2.75, 3.05) is 9.80 Å². The summed E-state index contributed by atoms with van der Waals surface area (Å²) in [5.41, 5.74) is 14.6. The Kier molecular flexibility index (Phi) is 7.18. The molecule has 0 amide bonds. The molecule has 0 aliphatic carbocycles. The van der Waals surface area contributed by atoms with Crippen molar-refractivity contribution in [1.29, 1.82) is 0 Å². The van der Waals surface area contributed by atoms with E-state index in [1.807, 2.05) is 0 Å². The average Bonchev–Trinajstić information content (AvgIpc) is 3.06. The third-order valence-electron chi connectivity index (χ3n) is 9.79. The van der Waals surface area contributed by atoms with Crippen LogP contribution in [-0.2, 0) is 0 Å². The number of aryl methyl sites for hydroxylation is 6. The van der Waals surface area contributed by atoms with Crippen LogP contribution >= 0.6 is 0 Å². The summed E-state index contributed by atoms with van der Waals surface area (Å²) in [5.74, 6) is 0. The van der Waals surface area contributed by atoms with Crippen LogP contribution in [0, 0.1) is 41.5 Å². The van der Waals surface area contributed by atoms with Crippen molar-refractivity contribution in [2.24, 2.45) is 0 Å². The summed E-state index contributed by atoms with van der Waals surface area (Å²) in [5, 5.41) is 7.76. The first-order valence-corrected chi connectivity index (χ1v) is 16.9. The van der Waals surface area contributed by atoms with Crippen LogP contribution < -0.4 is 9.80 Å². The Labute approximate surface area is 283 Å². The maximum atomic E-state index is 2.44. The maximum Gasteiger partial charge on any atom is 0.0543 e. The van der Waals surface area contributed by atoms with E-state index >= 15 is 0 Å². The Hall–Kier alpha value is -5.60. The molecule has 234 valence electrons. The molecule has 8 aromatic carbocycles. The molecule has 0 bridgehead atoms. The summed E-state index contributed by atoms with van der Waals surface area (Å²) in [4.78, 5) is 4.89. The molecule has 2 nitrogen and oxygen atoms in total. The van der Waals surface area contributed by atoms with Gasteiger partial charge in [-0.1, -0.05) is 72.8 Å². The molecule has 2 heteroatoms. The van der Waals surface area contributed by atoms with Crippen molar-refractivity contribution in [3.05, 3.63) is 167 Å². The van der Waals surface area contributed by atoms with Gasteiger partial charge in [-0.25, -0.2) is 0 Å². The Morgan fingerprint density at radius 3 is 0.896 bits per heavy atom. The lowest BCUT2D eigenvalue weighted by molar-refractivity contribution is 1.26. The summed E-state index contributed by atoms with van der Waals surface area (Å²) in [6.45, 7) is 13.2. The SMILES string of the molecule is Cc1cccc(N(c2cccc(C)c2)c2cc(C)c3ccc4c(N(c5cccc(C)c5)c5cccc(C)c5)cc(C)c5ccc2c3c54)c1. The van der Waals surface area contributed by atoms with Crippen molar-refractivity contribution in [3.63, 3.8) is 0 Å². The van der Waals surface area contributed by atoms with Gasteiger partial charge in [0.05, 0.1) is 11.4 Å². The third-order valence-corrected chi connectivity index (χ3v) is 9.79. The largest absolute Gasteiger partial charge is 0.310 e. The van der Waals surface area contributed by atoms with Crippen molar-refractivity contribution in [1.82, 2.24) is 0 Å². The summed E-state index contributed by atoms with van der Waals surface area (Å²) in [6.07, 6.45) is 0. The number of rotatable bonds is 6. The van der Waals surface area contributed by atoms with Gasteiger partial charge in [0.1, 0.15) is 0 Å². The predicted octanol–water partition coefficient (Wildman–Crippen LogP) is 13.4. The van der Waals surface area contributed by atoms with Gasteiger partial charge in [-0.05, 0) is 157 Å². The summed E-state index contributed by atoms with van der Waals surface area (Å²) in [7, 11) is 0. The van der Waals surface area contributed by atoms with Gasteiger partial charge in [0.15, 0.2) is 0 Å². The molecule has 0 N–H and O–H groups in total. The molecule has 0 heterocycles. The van der Waals surface area contributed by atoms with Crippen LogP contribution in [0.4, 0.5) is 34.1 Å². The van der Waals surface area contributed by atoms with E-state index in [2.05, 4.69) is 185 Å². The lowest BCUT2D eigenvalue weighted by Gasteiger charge is -2.30. The van der Waals surface area contributed by atoms with Gasteiger partial charge in [-0.3, -0.25) is 0 Å². The summed E-state index contributed by atoms with van der Waals surface area (Å²) >= 11 is 0. The van der Waals surface area contributed by atoms with Crippen LogP contribution in [0.15, 0.2) is 133 Å². The first-order valence-electron chi connectivity index (χ1n) is 16.9.